The topological polar surface area (TPSA) is 75.1 Å². The van der Waals surface area contributed by atoms with Crippen molar-refractivity contribution in [3.8, 4) is 0 Å². The van der Waals surface area contributed by atoms with Crippen LogP contribution in [-0.2, 0) is 6.18 Å². The van der Waals surface area contributed by atoms with Crippen molar-refractivity contribution in [2.75, 3.05) is 0 Å². The molecule has 0 bridgehead atoms. The lowest BCUT2D eigenvalue weighted by atomic mass is 9.76. The molecule has 0 saturated heterocycles. The van der Waals surface area contributed by atoms with Crippen molar-refractivity contribution in [2.45, 2.75) is 82.1 Å². The first-order chi connectivity index (χ1) is 19.6. The van der Waals surface area contributed by atoms with Gasteiger partial charge < -0.3 is 10.2 Å². The van der Waals surface area contributed by atoms with Gasteiger partial charge in [-0.05, 0) is 56.1 Å². The number of aliphatic hydroxyl groups is 2. The van der Waals surface area contributed by atoms with Gasteiger partial charge >= 0.3 is 6.18 Å². The molecule has 41 heavy (non-hydrogen) atoms. The van der Waals surface area contributed by atoms with Crippen LogP contribution in [0.2, 0.25) is 10.0 Å². The van der Waals surface area contributed by atoms with E-state index >= 15 is 4.39 Å². The summed E-state index contributed by atoms with van der Waals surface area (Å²) >= 11 is 12.6. The molecule has 12 heteroatoms. The molecule has 4 heterocycles. The SMILES string of the molecule is OC(c1c(Cl)c(C(F)(F)F)cc2cncn12)C1CCCC(c2ncn3c(C(O)C4CCCCC4)c(F)c(Cl)cc23)C1. The lowest BCUT2D eigenvalue weighted by Gasteiger charge is -2.33. The molecule has 0 aliphatic heterocycles. The van der Waals surface area contributed by atoms with Crippen molar-refractivity contribution < 1.29 is 27.8 Å². The number of hydrogen-bond donors (Lipinski definition) is 2. The molecule has 4 aromatic rings. The summed E-state index contributed by atoms with van der Waals surface area (Å²) in [6.07, 6.45) is 4.22. The Balaban J connectivity index is 1.34. The summed E-state index contributed by atoms with van der Waals surface area (Å²) in [5, 5.41) is 22.0. The van der Waals surface area contributed by atoms with E-state index in [0.29, 0.717) is 30.5 Å². The molecule has 4 unspecified atom stereocenters. The molecule has 0 spiro atoms. The van der Waals surface area contributed by atoms with Crippen LogP contribution in [0.4, 0.5) is 17.6 Å². The highest BCUT2D eigenvalue weighted by Gasteiger charge is 2.39. The highest BCUT2D eigenvalue weighted by molar-refractivity contribution is 6.32. The minimum atomic E-state index is -4.70. The van der Waals surface area contributed by atoms with E-state index in [0.717, 1.165) is 44.6 Å². The molecular weight excluding hydrogens is 583 g/mol. The number of alkyl halides is 3. The fourth-order valence-electron chi connectivity index (χ4n) is 6.91. The van der Waals surface area contributed by atoms with E-state index in [9.17, 15) is 23.4 Å². The van der Waals surface area contributed by atoms with Gasteiger partial charge in [-0.15, -0.1) is 0 Å². The van der Waals surface area contributed by atoms with Crippen molar-refractivity contribution in [2.24, 2.45) is 11.8 Å². The minimum absolute atomic E-state index is 0.0441. The Kier molecular flexibility index (Phi) is 7.72. The first-order valence-electron chi connectivity index (χ1n) is 14.0. The van der Waals surface area contributed by atoms with Crippen LogP contribution in [-0.4, -0.2) is 29.0 Å². The Hall–Kier alpha value is -2.40. The van der Waals surface area contributed by atoms with E-state index in [1.165, 1.54) is 29.3 Å². The van der Waals surface area contributed by atoms with E-state index in [2.05, 4.69) is 9.97 Å². The van der Waals surface area contributed by atoms with Crippen LogP contribution in [0.1, 0.15) is 98.6 Å². The molecule has 2 N–H and O–H groups in total. The van der Waals surface area contributed by atoms with Gasteiger partial charge in [-0.25, -0.2) is 14.4 Å². The summed E-state index contributed by atoms with van der Waals surface area (Å²) in [7, 11) is 0. The standard InChI is InChI=1S/C29H30Cl2F4N4O2/c30-20-11-21-24(37-14-39(21)26(23(20)32)27(40)15-5-2-1-3-6-15)16-7-4-8-17(9-16)28(41)25-22(31)19(29(33,34)35)10-18-12-36-13-38(18)25/h10-17,27-28,40-41H,1-9H2. The van der Waals surface area contributed by atoms with Gasteiger partial charge in [0.15, 0.2) is 5.82 Å². The molecule has 2 aliphatic rings. The van der Waals surface area contributed by atoms with Gasteiger partial charge in [-0.2, -0.15) is 13.2 Å². The first kappa shape index (κ1) is 28.7. The Labute approximate surface area is 243 Å². The molecule has 2 aliphatic carbocycles. The largest absolute Gasteiger partial charge is 0.417 e. The highest BCUT2D eigenvalue weighted by Crippen LogP contribution is 2.47. The summed E-state index contributed by atoms with van der Waals surface area (Å²) in [6, 6.07) is 2.43. The number of aromatic nitrogens is 4. The van der Waals surface area contributed by atoms with Crippen LogP contribution in [0.15, 0.2) is 31.0 Å². The third-order valence-electron chi connectivity index (χ3n) is 8.98. The Morgan fingerprint density at radius 1 is 0.878 bits per heavy atom. The molecule has 0 amide bonds. The Morgan fingerprint density at radius 3 is 2.32 bits per heavy atom. The van der Waals surface area contributed by atoms with Crippen LogP contribution >= 0.6 is 23.2 Å². The van der Waals surface area contributed by atoms with Crippen LogP contribution < -0.4 is 0 Å². The predicted octanol–water partition coefficient (Wildman–Crippen LogP) is 8.07. The van der Waals surface area contributed by atoms with Crippen molar-refractivity contribution in [1.29, 1.82) is 0 Å². The molecule has 4 atom stereocenters. The maximum atomic E-state index is 15.3. The van der Waals surface area contributed by atoms with Gasteiger partial charge in [0.25, 0.3) is 0 Å². The summed E-state index contributed by atoms with van der Waals surface area (Å²) in [5.41, 5.74) is 0.457. The fraction of sp³-hybridized carbons (Fsp3) is 0.517. The summed E-state index contributed by atoms with van der Waals surface area (Å²) in [4.78, 5) is 8.58. The predicted molar refractivity (Wildman–Crippen MR) is 147 cm³/mol. The van der Waals surface area contributed by atoms with E-state index in [1.54, 1.807) is 4.40 Å². The van der Waals surface area contributed by atoms with Gasteiger partial charge in [0.1, 0.15) is 6.10 Å². The molecule has 4 aromatic heterocycles. The molecule has 6 nitrogen and oxygen atoms in total. The van der Waals surface area contributed by atoms with E-state index < -0.39 is 40.7 Å². The molecular formula is C29H30Cl2F4N4O2. The minimum Gasteiger partial charge on any atom is -0.387 e. The summed E-state index contributed by atoms with van der Waals surface area (Å²) in [6.45, 7) is 0. The number of imidazole rings is 2. The molecule has 0 aromatic carbocycles. The van der Waals surface area contributed by atoms with Crippen molar-refractivity contribution in [1.82, 2.24) is 18.8 Å². The zero-order valence-electron chi connectivity index (χ0n) is 22.1. The molecule has 0 radical (unpaired) electrons. The molecule has 220 valence electrons. The van der Waals surface area contributed by atoms with Crippen LogP contribution in [0.25, 0.3) is 11.0 Å². The number of pyridine rings is 2. The molecule has 6 rings (SSSR count). The van der Waals surface area contributed by atoms with E-state index in [4.69, 9.17) is 23.2 Å². The second-order valence-corrected chi connectivity index (χ2v) is 12.2. The monoisotopic (exact) mass is 612 g/mol. The second-order valence-electron chi connectivity index (χ2n) is 11.4. The number of fused-ring (bicyclic) bond motifs is 2. The number of aliphatic hydroxyl groups excluding tert-OH is 2. The first-order valence-corrected chi connectivity index (χ1v) is 14.7. The summed E-state index contributed by atoms with van der Waals surface area (Å²) < 4.78 is 59.6. The zero-order chi connectivity index (χ0) is 29.1. The maximum Gasteiger partial charge on any atom is 0.417 e. The van der Waals surface area contributed by atoms with Gasteiger partial charge in [0.2, 0.25) is 0 Å². The third kappa shape index (κ3) is 5.11. The van der Waals surface area contributed by atoms with Crippen molar-refractivity contribution >= 4 is 34.2 Å². The zero-order valence-corrected chi connectivity index (χ0v) is 23.6. The average Bonchev–Trinajstić information content (AvgIpc) is 3.59. The van der Waals surface area contributed by atoms with Crippen molar-refractivity contribution in [3.05, 3.63) is 69.5 Å². The Bertz CT molecular complexity index is 1580. The van der Waals surface area contributed by atoms with Crippen LogP contribution in [0, 0.1) is 17.7 Å². The maximum absolute atomic E-state index is 15.3. The number of halogens is 6. The fourth-order valence-corrected chi connectivity index (χ4v) is 7.48. The number of nitrogens with zero attached hydrogens (tertiary/aromatic N) is 4. The van der Waals surface area contributed by atoms with Gasteiger partial charge in [0.05, 0.1) is 68.7 Å². The second kappa shape index (κ2) is 11.0. The third-order valence-corrected chi connectivity index (χ3v) is 9.65. The van der Waals surface area contributed by atoms with Gasteiger partial charge in [-0.1, -0.05) is 48.9 Å². The quantitative estimate of drug-likeness (QED) is 0.223. The lowest BCUT2D eigenvalue weighted by Crippen LogP contribution is -2.24. The van der Waals surface area contributed by atoms with Crippen LogP contribution in [0.5, 0.6) is 0 Å². The lowest BCUT2D eigenvalue weighted by molar-refractivity contribution is -0.137. The van der Waals surface area contributed by atoms with Crippen LogP contribution in [0.3, 0.4) is 0 Å². The molecule has 2 saturated carbocycles. The van der Waals surface area contributed by atoms with Gasteiger partial charge in [-0.3, -0.25) is 8.80 Å². The molecule has 2 fully saturated rings. The average molecular weight is 613 g/mol. The smallest absolute Gasteiger partial charge is 0.387 e. The number of rotatable bonds is 5. The Morgan fingerprint density at radius 2 is 1.59 bits per heavy atom. The summed E-state index contributed by atoms with van der Waals surface area (Å²) in [5.74, 6) is -1.32. The van der Waals surface area contributed by atoms with E-state index in [1.807, 2.05) is 0 Å². The van der Waals surface area contributed by atoms with E-state index in [-0.39, 0.29) is 33.8 Å². The normalized spacial score (nSPS) is 22.4. The van der Waals surface area contributed by atoms with Crippen molar-refractivity contribution in [3.63, 3.8) is 0 Å². The van der Waals surface area contributed by atoms with Gasteiger partial charge in [0, 0.05) is 5.92 Å². The number of hydrogen-bond acceptors (Lipinski definition) is 4. The highest BCUT2D eigenvalue weighted by atomic mass is 35.5.